The molecule has 1 aliphatic carbocycles. The number of aliphatic hydroxyl groups is 1. The summed E-state index contributed by atoms with van der Waals surface area (Å²) in [7, 11) is 0. The van der Waals surface area contributed by atoms with Crippen molar-refractivity contribution in [2.45, 2.75) is 57.8 Å². The molecule has 5 rings (SSSR count). The van der Waals surface area contributed by atoms with Crippen LogP contribution in [0.2, 0.25) is 0 Å². The van der Waals surface area contributed by atoms with Crippen LogP contribution in [0.1, 0.15) is 63.5 Å². The van der Waals surface area contributed by atoms with Gasteiger partial charge >= 0.3 is 5.97 Å². The molecule has 42 heavy (non-hydrogen) atoms. The summed E-state index contributed by atoms with van der Waals surface area (Å²) in [5.74, 6) is -0.618. The Morgan fingerprint density at radius 1 is 1.10 bits per heavy atom. The fraction of sp³-hybridized carbons (Fsp3) is 0.400. The number of aliphatic carboxylic acids is 1. The highest BCUT2D eigenvalue weighted by Gasteiger charge is 2.39. The molecule has 0 aromatic heterocycles. The Labute approximate surface area is 263 Å². The van der Waals surface area contributed by atoms with E-state index in [1.807, 2.05) is 6.07 Å². The molecule has 0 amide bonds. The van der Waals surface area contributed by atoms with Crippen LogP contribution in [0.4, 0.5) is 5.69 Å². The number of piperidine rings is 1. The van der Waals surface area contributed by atoms with E-state index in [-0.39, 0.29) is 23.0 Å². The predicted octanol–water partition coefficient (Wildman–Crippen LogP) is 8.12. The molecule has 222 valence electrons. The van der Waals surface area contributed by atoms with Gasteiger partial charge in [-0.1, -0.05) is 77.8 Å². The minimum absolute atomic E-state index is 0.172. The molecular weight excluding hydrogens is 612 g/mol. The van der Waals surface area contributed by atoms with E-state index in [0.717, 1.165) is 54.6 Å². The molecule has 0 radical (unpaired) electrons. The molecule has 0 saturated carbocycles. The van der Waals surface area contributed by atoms with Crippen LogP contribution in [-0.2, 0) is 10.2 Å². The maximum absolute atomic E-state index is 11.8. The Morgan fingerprint density at radius 2 is 1.81 bits per heavy atom. The molecule has 2 heterocycles. The number of likely N-dealkylation sites (tertiary alicyclic amines) is 1. The summed E-state index contributed by atoms with van der Waals surface area (Å²) in [5.41, 5.74) is 8.07. The molecule has 1 saturated heterocycles. The predicted molar refractivity (Wildman–Crippen MR) is 175 cm³/mol. The van der Waals surface area contributed by atoms with Crippen LogP contribution in [0, 0.1) is 5.92 Å². The number of halogens is 2. The van der Waals surface area contributed by atoms with Crippen molar-refractivity contribution < 1.29 is 15.0 Å². The zero-order chi connectivity index (χ0) is 30.0. The first-order valence-corrected chi connectivity index (χ1v) is 16.0. The maximum Gasteiger partial charge on any atom is 0.347 e. The Morgan fingerprint density at radius 3 is 2.45 bits per heavy atom. The standard InChI is InChI=1S/C35H40BrClN2O3/c1-4-39-31-12-11-28(36)21-29(31)35(2,3)32(39)13-10-25-18-26(24-8-6-5-7-9-24)19-27(20-30(37)34(41)42)33(25)38-16-14-23(22-40)15-17-38/h5-13,20-21,23,26,40H,4,14-19,22H2,1-3H3,(H,41,42)/b25-10+,30-20-,32-13+. The molecule has 2 N–H and O–H groups in total. The highest BCUT2D eigenvalue weighted by molar-refractivity contribution is 9.10. The molecule has 2 aliphatic heterocycles. The molecular formula is C35H40BrClN2O3. The second kappa shape index (κ2) is 12.8. The third-order valence-corrected chi connectivity index (χ3v) is 9.88. The van der Waals surface area contributed by atoms with Gasteiger partial charge in [0.05, 0.1) is 0 Å². The zero-order valence-electron chi connectivity index (χ0n) is 24.6. The summed E-state index contributed by atoms with van der Waals surface area (Å²) in [6, 6.07) is 17.0. The van der Waals surface area contributed by atoms with Gasteiger partial charge in [-0.25, -0.2) is 4.79 Å². The van der Waals surface area contributed by atoms with Gasteiger partial charge < -0.3 is 20.0 Å². The van der Waals surface area contributed by atoms with Crippen molar-refractivity contribution in [3.05, 3.63) is 110 Å². The Bertz CT molecular complexity index is 1450. The van der Waals surface area contributed by atoms with E-state index in [0.29, 0.717) is 12.3 Å². The number of fused-ring (bicyclic) bond motifs is 1. The van der Waals surface area contributed by atoms with E-state index in [2.05, 4.69) is 101 Å². The van der Waals surface area contributed by atoms with Crippen LogP contribution in [0.3, 0.4) is 0 Å². The van der Waals surface area contributed by atoms with Gasteiger partial charge in [-0.15, -0.1) is 0 Å². The van der Waals surface area contributed by atoms with Crippen LogP contribution in [0.5, 0.6) is 0 Å². The first-order valence-electron chi connectivity index (χ1n) is 14.9. The van der Waals surface area contributed by atoms with Crippen molar-refractivity contribution in [2.75, 3.05) is 31.1 Å². The summed E-state index contributed by atoms with van der Waals surface area (Å²) in [5, 5.41) is 19.3. The van der Waals surface area contributed by atoms with Gasteiger partial charge in [0, 0.05) is 53.2 Å². The summed E-state index contributed by atoms with van der Waals surface area (Å²) < 4.78 is 1.08. The van der Waals surface area contributed by atoms with Crippen molar-refractivity contribution in [1.82, 2.24) is 4.90 Å². The lowest BCUT2D eigenvalue weighted by atomic mass is 9.78. The SMILES string of the molecule is CCN1/C(=C/C=C2\CC(c3ccccc3)CC(/C=C(\Cl)C(=O)O)=C2N2CCC(CO)CC2)C(C)(C)c2cc(Br)ccc21. The highest BCUT2D eigenvalue weighted by atomic mass is 79.9. The minimum Gasteiger partial charge on any atom is -0.477 e. The summed E-state index contributed by atoms with van der Waals surface area (Å²) in [6.07, 6.45) is 9.58. The van der Waals surface area contributed by atoms with Crippen LogP contribution in [0.15, 0.2) is 98.8 Å². The summed E-state index contributed by atoms with van der Waals surface area (Å²) in [6.45, 7) is 9.45. The fourth-order valence-corrected chi connectivity index (χ4v) is 7.36. The van der Waals surface area contributed by atoms with E-state index in [9.17, 15) is 15.0 Å². The Kier molecular flexibility index (Phi) is 9.36. The normalized spacial score (nSPS) is 23.2. The lowest BCUT2D eigenvalue weighted by Crippen LogP contribution is -2.36. The van der Waals surface area contributed by atoms with Gasteiger partial charge in [0.15, 0.2) is 0 Å². The molecule has 2 aromatic carbocycles. The topological polar surface area (TPSA) is 64.0 Å². The molecule has 5 nitrogen and oxygen atoms in total. The van der Waals surface area contributed by atoms with Gasteiger partial charge in [0.2, 0.25) is 0 Å². The number of carbonyl (C=O) groups is 1. The first kappa shape index (κ1) is 30.7. The smallest absolute Gasteiger partial charge is 0.347 e. The number of benzene rings is 2. The van der Waals surface area contributed by atoms with E-state index in [4.69, 9.17) is 11.6 Å². The molecule has 1 atom stereocenters. The van der Waals surface area contributed by atoms with Crippen LogP contribution >= 0.6 is 27.5 Å². The van der Waals surface area contributed by atoms with E-state index >= 15 is 0 Å². The van der Waals surface area contributed by atoms with Gasteiger partial charge in [0.25, 0.3) is 0 Å². The average molecular weight is 652 g/mol. The van der Waals surface area contributed by atoms with Crippen LogP contribution < -0.4 is 4.90 Å². The maximum atomic E-state index is 11.8. The highest BCUT2D eigenvalue weighted by Crippen LogP contribution is 2.49. The number of allylic oxidation sites excluding steroid dienone is 6. The third kappa shape index (κ3) is 6.13. The molecule has 2 aromatic rings. The number of likely N-dealkylation sites (N-methyl/N-ethyl adjacent to an activating group) is 1. The Balaban J connectivity index is 1.65. The zero-order valence-corrected chi connectivity index (χ0v) is 27.0. The van der Waals surface area contributed by atoms with Crippen molar-refractivity contribution >= 4 is 39.2 Å². The number of anilines is 1. The minimum atomic E-state index is -1.12. The molecule has 3 aliphatic rings. The average Bonchev–Trinajstić information content (AvgIpc) is 3.20. The lowest BCUT2D eigenvalue weighted by Gasteiger charge is -2.40. The number of hydrogen-bond donors (Lipinski definition) is 2. The lowest BCUT2D eigenvalue weighted by molar-refractivity contribution is -0.131. The number of nitrogens with zero attached hydrogens (tertiary/aromatic N) is 2. The van der Waals surface area contributed by atoms with Gasteiger partial charge in [-0.05, 0) is 97.1 Å². The molecule has 1 unspecified atom stereocenters. The van der Waals surface area contributed by atoms with Crippen LogP contribution in [-0.4, -0.2) is 47.3 Å². The second-order valence-electron chi connectivity index (χ2n) is 12.1. The Hall–Kier alpha value is -2.80. The monoisotopic (exact) mass is 650 g/mol. The molecule has 1 fully saturated rings. The third-order valence-electron chi connectivity index (χ3n) is 9.12. The quantitative estimate of drug-likeness (QED) is 0.296. The van der Waals surface area contributed by atoms with Crippen molar-refractivity contribution in [3.8, 4) is 0 Å². The molecule has 7 heteroatoms. The first-order chi connectivity index (χ1) is 20.1. The van der Waals surface area contributed by atoms with Gasteiger partial charge in [0.1, 0.15) is 5.03 Å². The van der Waals surface area contributed by atoms with Gasteiger partial charge in [-0.3, -0.25) is 0 Å². The number of rotatable bonds is 7. The number of aliphatic hydroxyl groups excluding tert-OH is 1. The fourth-order valence-electron chi connectivity index (χ4n) is 6.87. The summed E-state index contributed by atoms with van der Waals surface area (Å²) >= 11 is 9.97. The van der Waals surface area contributed by atoms with E-state index in [1.165, 1.54) is 28.1 Å². The second-order valence-corrected chi connectivity index (χ2v) is 13.4. The van der Waals surface area contributed by atoms with E-state index in [1.54, 1.807) is 6.08 Å². The van der Waals surface area contributed by atoms with Crippen LogP contribution in [0.25, 0.3) is 0 Å². The van der Waals surface area contributed by atoms with Crippen molar-refractivity contribution in [2.24, 2.45) is 5.92 Å². The molecule has 0 bridgehead atoms. The number of hydrogen-bond acceptors (Lipinski definition) is 4. The molecule has 0 spiro atoms. The van der Waals surface area contributed by atoms with E-state index < -0.39 is 5.97 Å². The van der Waals surface area contributed by atoms with Crippen molar-refractivity contribution in [3.63, 3.8) is 0 Å². The summed E-state index contributed by atoms with van der Waals surface area (Å²) in [4.78, 5) is 16.6. The van der Waals surface area contributed by atoms with Crippen molar-refractivity contribution in [1.29, 1.82) is 0 Å². The number of carboxylic acids is 1. The van der Waals surface area contributed by atoms with Gasteiger partial charge in [-0.2, -0.15) is 0 Å². The number of carboxylic acid groups (broad SMARTS) is 1. The largest absolute Gasteiger partial charge is 0.477 e.